The van der Waals surface area contributed by atoms with E-state index in [1.54, 1.807) is 6.92 Å². The standard InChI is InChI=1S/C20H30O4/c1-5-7-8-12(19(22)23-6-2)9-16(21)18-13-10-15-17(24-18)11-14(13)20(15,3)4/h12-15,17H,1,5-11H2,2-4H3. The van der Waals surface area contributed by atoms with E-state index in [0.29, 0.717) is 31.0 Å². The second-order valence-corrected chi connectivity index (χ2v) is 8.20. The molecule has 2 aliphatic heterocycles. The minimum Gasteiger partial charge on any atom is -0.466 e. The largest absolute Gasteiger partial charge is 0.466 e. The maximum atomic E-state index is 12.9. The zero-order valence-electron chi connectivity index (χ0n) is 15.2. The van der Waals surface area contributed by atoms with Crippen LogP contribution in [0.5, 0.6) is 0 Å². The lowest BCUT2D eigenvalue weighted by Gasteiger charge is -2.40. The molecule has 4 fully saturated rings. The number of rotatable bonds is 8. The molecule has 5 atom stereocenters. The number of hydrogen-bond acceptors (Lipinski definition) is 4. The number of carbonyl (C=O) groups excluding carboxylic acids is 2. The zero-order valence-corrected chi connectivity index (χ0v) is 15.2. The molecule has 4 nitrogen and oxygen atoms in total. The topological polar surface area (TPSA) is 52.6 Å². The predicted molar refractivity (Wildman–Crippen MR) is 90.6 cm³/mol. The highest BCUT2D eigenvalue weighted by Crippen LogP contribution is 2.67. The molecule has 4 rings (SSSR count). The molecular formula is C20H30O4. The fourth-order valence-corrected chi connectivity index (χ4v) is 5.27. The Morgan fingerprint density at radius 2 is 2.08 bits per heavy atom. The molecule has 0 aromatic carbocycles. The molecule has 4 heteroatoms. The first kappa shape index (κ1) is 17.9. The Balaban J connectivity index is 1.65. The van der Waals surface area contributed by atoms with Gasteiger partial charge in [-0.05, 0) is 43.4 Å². The van der Waals surface area contributed by atoms with E-state index < -0.39 is 0 Å². The van der Waals surface area contributed by atoms with Crippen LogP contribution in [-0.4, -0.2) is 24.5 Å². The lowest BCUT2D eigenvalue weighted by atomic mass is 9.75. The van der Waals surface area contributed by atoms with Crippen LogP contribution in [0.4, 0.5) is 0 Å². The summed E-state index contributed by atoms with van der Waals surface area (Å²) in [5.74, 6) is 0.799. The van der Waals surface area contributed by atoms with Crippen LogP contribution in [0.2, 0.25) is 0 Å². The molecule has 134 valence electrons. The highest BCUT2D eigenvalue weighted by atomic mass is 16.5. The minimum atomic E-state index is -0.362. The average molecular weight is 334 g/mol. The zero-order chi connectivity index (χ0) is 17.5. The van der Waals surface area contributed by atoms with Crippen LogP contribution < -0.4 is 0 Å². The summed E-state index contributed by atoms with van der Waals surface area (Å²) in [6.45, 7) is 10.6. The molecule has 2 aliphatic carbocycles. The van der Waals surface area contributed by atoms with Gasteiger partial charge in [-0.15, -0.1) is 0 Å². The maximum absolute atomic E-state index is 12.9. The molecule has 0 aromatic rings. The Labute approximate surface area is 145 Å². The molecule has 0 spiro atoms. The van der Waals surface area contributed by atoms with E-state index >= 15 is 0 Å². The highest BCUT2D eigenvalue weighted by molar-refractivity contribution is 5.94. The molecule has 5 unspecified atom stereocenters. The summed E-state index contributed by atoms with van der Waals surface area (Å²) in [7, 11) is 0. The van der Waals surface area contributed by atoms with Crippen molar-refractivity contribution in [1.82, 2.24) is 0 Å². The van der Waals surface area contributed by atoms with Crippen molar-refractivity contribution in [1.29, 1.82) is 0 Å². The van der Waals surface area contributed by atoms with E-state index in [1.807, 2.05) is 0 Å². The maximum Gasteiger partial charge on any atom is 0.309 e. The van der Waals surface area contributed by atoms with Crippen molar-refractivity contribution in [2.75, 3.05) is 6.61 Å². The number of ether oxygens (including phenoxy) is 2. The van der Waals surface area contributed by atoms with Gasteiger partial charge in [-0.3, -0.25) is 9.59 Å². The van der Waals surface area contributed by atoms with Gasteiger partial charge in [0.25, 0.3) is 0 Å². The van der Waals surface area contributed by atoms with Crippen molar-refractivity contribution in [2.45, 2.75) is 65.4 Å². The van der Waals surface area contributed by atoms with E-state index in [9.17, 15) is 9.59 Å². The molecule has 2 heterocycles. The van der Waals surface area contributed by atoms with Crippen molar-refractivity contribution in [3.05, 3.63) is 13.0 Å². The van der Waals surface area contributed by atoms with Gasteiger partial charge < -0.3 is 9.47 Å². The van der Waals surface area contributed by atoms with Crippen LogP contribution >= 0.6 is 0 Å². The van der Waals surface area contributed by atoms with Crippen LogP contribution in [0.15, 0.2) is 0 Å². The minimum absolute atomic E-state index is 0.0213. The quantitative estimate of drug-likeness (QED) is 0.635. The summed E-state index contributed by atoms with van der Waals surface area (Å²) in [4.78, 5) is 25.0. The molecule has 2 radical (unpaired) electrons. The van der Waals surface area contributed by atoms with Crippen LogP contribution in [-0.2, 0) is 19.1 Å². The Morgan fingerprint density at radius 1 is 1.33 bits per heavy atom. The van der Waals surface area contributed by atoms with Crippen LogP contribution in [0.3, 0.4) is 0 Å². The molecule has 0 amide bonds. The Kier molecular flexibility index (Phi) is 5.06. The smallest absolute Gasteiger partial charge is 0.309 e. The molecule has 2 saturated carbocycles. The van der Waals surface area contributed by atoms with Gasteiger partial charge in [-0.25, -0.2) is 0 Å². The normalized spacial score (nSPS) is 34.5. The first-order valence-corrected chi connectivity index (χ1v) is 9.42. The van der Waals surface area contributed by atoms with Crippen molar-refractivity contribution in [3.63, 3.8) is 0 Å². The van der Waals surface area contributed by atoms with E-state index in [-0.39, 0.29) is 41.5 Å². The number of unbranched alkanes of at least 4 members (excludes halogenated alkanes) is 1. The molecule has 2 saturated heterocycles. The second-order valence-electron chi connectivity index (χ2n) is 8.20. The number of hydrogen-bond donors (Lipinski definition) is 0. The molecular weight excluding hydrogens is 304 g/mol. The fourth-order valence-electron chi connectivity index (χ4n) is 5.27. The van der Waals surface area contributed by atoms with Gasteiger partial charge in [0, 0.05) is 12.3 Å². The Bertz CT molecular complexity index is 498. The van der Waals surface area contributed by atoms with Crippen molar-refractivity contribution in [2.24, 2.45) is 29.1 Å². The van der Waals surface area contributed by atoms with E-state index in [0.717, 1.165) is 25.7 Å². The lowest BCUT2D eigenvalue weighted by Crippen LogP contribution is -2.42. The summed E-state index contributed by atoms with van der Waals surface area (Å²) in [5, 5.41) is 0. The van der Waals surface area contributed by atoms with Crippen LogP contribution in [0, 0.1) is 42.1 Å². The van der Waals surface area contributed by atoms with Gasteiger partial charge in [0.1, 0.15) is 0 Å². The summed E-state index contributed by atoms with van der Waals surface area (Å²) in [6, 6.07) is 0. The van der Waals surface area contributed by atoms with E-state index in [2.05, 4.69) is 20.8 Å². The first-order chi connectivity index (χ1) is 11.4. The van der Waals surface area contributed by atoms with Crippen LogP contribution in [0.1, 0.15) is 59.3 Å². The van der Waals surface area contributed by atoms with Crippen molar-refractivity contribution < 1.29 is 19.1 Å². The summed E-state index contributed by atoms with van der Waals surface area (Å²) in [5.41, 5.74) is 0.270. The monoisotopic (exact) mass is 334 g/mol. The van der Waals surface area contributed by atoms with Gasteiger partial charge in [0.05, 0.1) is 18.6 Å². The average Bonchev–Trinajstić information content (AvgIpc) is 2.93. The SMILES string of the molecule is [CH2]CCCC(CC(=O)[C]1OC2CC3C1CC2C3(C)C)C(=O)OCC. The number of Topliss-reactive ketones (excluding diaryl/α,β-unsaturated/α-hetero) is 1. The van der Waals surface area contributed by atoms with Crippen molar-refractivity contribution in [3.8, 4) is 0 Å². The number of carbonyl (C=O) groups is 2. The van der Waals surface area contributed by atoms with E-state index in [4.69, 9.17) is 9.47 Å². The third-order valence-corrected chi connectivity index (χ3v) is 6.58. The summed E-state index contributed by atoms with van der Waals surface area (Å²) in [6.07, 6.45) is 5.49. The van der Waals surface area contributed by atoms with Gasteiger partial charge >= 0.3 is 5.97 Å². The van der Waals surface area contributed by atoms with Gasteiger partial charge in [0.15, 0.2) is 11.9 Å². The fraction of sp³-hybridized carbons (Fsp3) is 0.800. The first-order valence-electron chi connectivity index (χ1n) is 9.42. The molecule has 24 heavy (non-hydrogen) atoms. The Morgan fingerprint density at radius 3 is 2.62 bits per heavy atom. The summed E-state index contributed by atoms with van der Waals surface area (Å²) >= 11 is 0. The Hall–Kier alpha value is -0.900. The van der Waals surface area contributed by atoms with Gasteiger partial charge in [-0.2, -0.15) is 0 Å². The van der Waals surface area contributed by atoms with E-state index in [1.165, 1.54) is 0 Å². The second kappa shape index (κ2) is 6.78. The van der Waals surface area contributed by atoms with Gasteiger partial charge in [-0.1, -0.05) is 33.6 Å². The number of esters is 1. The molecule has 4 bridgehead atoms. The van der Waals surface area contributed by atoms with Crippen molar-refractivity contribution >= 4 is 11.8 Å². The summed E-state index contributed by atoms with van der Waals surface area (Å²) < 4.78 is 11.2. The highest BCUT2D eigenvalue weighted by Gasteiger charge is 2.65. The molecule has 4 aliphatic rings. The molecule has 0 aromatic heterocycles. The van der Waals surface area contributed by atoms with Crippen LogP contribution in [0.25, 0.3) is 0 Å². The third-order valence-electron chi connectivity index (χ3n) is 6.58. The molecule has 0 N–H and O–H groups in total. The third kappa shape index (κ3) is 2.91. The number of ketones is 1. The van der Waals surface area contributed by atoms with Gasteiger partial charge in [0.2, 0.25) is 0 Å². The number of fused-ring (bicyclic) bond motifs is 1. The lowest BCUT2D eigenvalue weighted by molar-refractivity contribution is -0.152. The predicted octanol–water partition coefficient (Wildman–Crippen LogP) is 3.74.